The molecular formula is C15H16BrFN2O2. The number of nitrogens with one attached hydrogen (secondary N) is 1. The molecule has 2 fully saturated rings. The van der Waals surface area contributed by atoms with Gasteiger partial charge in [-0.2, -0.15) is 0 Å². The van der Waals surface area contributed by atoms with Gasteiger partial charge in [-0.15, -0.1) is 0 Å². The van der Waals surface area contributed by atoms with Gasteiger partial charge >= 0.3 is 0 Å². The Hall–Kier alpha value is -1.43. The van der Waals surface area contributed by atoms with Crippen molar-refractivity contribution in [2.75, 3.05) is 11.4 Å². The Kier molecular flexibility index (Phi) is 3.31. The second kappa shape index (κ2) is 4.80. The van der Waals surface area contributed by atoms with E-state index in [4.69, 9.17) is 0 Å². The summed E-state index contributed by atoms with van der Waals surface area (Å²) in [7, 11) is 0. The molecule has 2 aliphatic rings. The van der Waals surface area contributed by atoms with Gasteiger partial charge in [0.2, 0.25) is 5.91 Å². The number of hydrogen-bond donors (Lipinski definition) is 1. The van der Waals surface area contributed by atoms with Crippen LogP contribution in [0.4, 0.5) is 10.1 Å². The van der Waals surface area contributed by atoms with Crippen molar-refractivity contribution in [3.05, 3.63) is 28.0 Å². The lowest BCUT2D eigenvalue weighted by atomic mass is 9.91. The number of nitrogens with zero attached hydrogens (tertiary/aromatic N) is 1. The van der Waals surface area contributed by atoms with Crippen LogP contribution in [-0.2, 0) is 9.59 Å². The van der Waals surface area contributed by atoms with Crippen LogP contribution in [0.2, 0.25) is 0 Å². The molecule has 1 atom stereocenters. The first-order valence-electron chi connectivity index (χ1n) is 6.91. The van der Waals surface area contributed by atoms with E-state index in [0.717, 1.165) is 18.4 Å². The molecule has 0 aromatic heterocycles. The quantitative estimate of drug-likeness (QED) is 0.887. The van der Waals surface area contributed by atoms with Crippen molar-refractivity contribution in [2.24, 2.45) is 5.92 Å². The molecule has 3 rings (SSSR count). The van der Waals surface area contributed by atoms with Gasteiger partial charge in [0, 0.05) is 0 Å². The van der Waals surface area contributed by atoms with Gasteiger partial charge in [0.05, 0.1) is 10.2 Å². The van der Waals surface area contributed by atoms with E-state index in [0.29, 0.717) is 10.2 Å². The number of hydrogen-bond acceptors (Lipinski definition) is 2. The lowest BCUT2D eigenvalue weighted by molar-refractivity contribution is -0.136. The van der Waals surface area contributed by atoms with Gasteiger partial charge in [-0.05, 0) is 66.2 Å². The lowest BCUT2D eigenvalue weighted by Crippen LogP contribution is -2.66. The van der Waals surface area contributed by atoms with E-state index in [1.807, 2.05) is 0 Å². The molecule has 1 heterocycles. The minimum Gasteiger partial charge on any atom is -0.340 e. The number of rotatable bonds is 2. The van der Waals surface area contributed by atoms with E-state index in [-0.39, 0.29) is 24.3 Å². The van der Waals surface area contributed by atoms with E-state index >= 15 is 0 Å². The van der Waals surface area contributed by atoms with Crippen molar-refractivity contribution < 1.29 is 14.0 Å². The second-order valence-electron chi connectivity index (χ2n) is 5.97. The first kappa shape index (κ1) is 14.5. The molecule has 1 aromatic carbocycles. The van der Waals surface area contributed by atoms with Crippen LogP contribution in [0, 0.1) is 18.7 Å². The van der Waals surface area contributed by atoms with Crippen molar-refractivity contribution in [3.8, 4) is 0 Å². The summed E-state index contributed by atoms with van der Waals surface area (Å²) in [6, 6.07) is 2.93. The standard InChI is InChI=1S/C15H16BrFN2O2/c1-8-5-10(16)11(17)6-12(8)19-7-13(20)18-15(2,14(19)21)9-3-4-9/h5-6,9H,3-4,7H2,1-2H3,(H,18,20). The highest BCUT2D eigenvalue weighted by Gasteiger charge is 2.53. The molecule has 1 aliphatic carbocycles. The zero-order valence-corrected chi connectivity index (χ0v) is 13.5. The average molecular weight is 355 g/mol. The maximum atomic E-state index is 13.8. The van der Waals surface area contributed by atoms with Crippen molar-refractivity contribution in [2.45, 2.75) is 32.2 Å². The minimum atomic E-state index is -0.870. The van der Waals surface area contributed by atoms with E-state index < -0.39 is 11.4 Å². The largest absolute Gasteiger partial charge is 0.340 e. The molecule has 0 radical (unpaired) electrons. The summed E-state index contributed by atoms with van der Waals surface area (Å²) in [5.41, 5.74) is 0.345. The number of amides is 2. The Morgan fingerprint density at radius 3 is 2.67 bits per heavy atom. The van der Waals surface area contributed by atoms with Gasteiger partial charge in [0.25, 0.3) is 5.91 Å². The number of carbonyl (C=O) groups excluding carboxylic acids is 2. The van der Waals surface area contributed by atoms with E-state index in [9.17, 15) is 14.0 Å². The third-order valence-electron chi connectivity index (χ3n) is 4.31. The molecule has 21 heavy (non-hydrogen) atoms. The summed E-state index contributed by atoms with van der Waals surface area (Å²) in [6.45, 7) is 3.50. The maximum Gasteiger partial charge on any atom is 0.253 e. The van der Waals surface area contributed by atoms with E-state index in [1.54, 1.807) is 19.9 Å². The highest BCUT2D eigenvalue weighted by atomic mass is 79.9. The van der Waals surface area contributed by atoms with Gasteiger partial charge < -0.3 is 10.2 Å². The lowest BCUT2D eigenvalue weighted by Gasteiger charge is -2.40. The molecule has 1 aromatic rings. The molecule has 0 spiro atoms. The van der Waals surface area contributed by atoms with Gasteiger partial charge in [0.1, 0.15) is 17.9 Å². The normalized spacial score (nSPS) is 26.0. The summed E-state index contributed by atoms with van der Waals surface area (Å²) in [5, 5.41) is 2.82. The Bertz CT molecular complexity index is 645. The Morgan fingerprint density at radius 2 is 2.05 bits per heavy atom. The van der Waals surface area contributed by atoms with Crippen molar-refractivity contribution >= 4 is 33.4 Å². The van der Waals surface area contributed by atoms with Crippen molar-refractivity contribution in [1.82, 2.24) is 5.32 Å². The molecular weight excluding hydrogens is 339 g/mol. The number of carbonyl (C=O) groups is 2. The third kappa shape index (κ3) is 2.35. The number of benzene rings is 1. The van der Waals surface area contributed by atoms with Crippen LogP contribution >= 0.6 is 15.9 Å². The highest BCUT2D eigenvalue weighted by Crippen LogP contribution is 2.42. The predicted molar refractivity (Wildman–Crippen MR) is 80.5 cm³/mol. The summed E-state index contributed by atoms with van der Waals surface area (Å²) < 4.78 is 14.2. The first-order valence-corrected chi connectivity index (χ1v) is 7.71. The fraction of sp³-hybridized carbons (Fsp3) is 0.467. The Morgan fingerprint density at radius 1 is 1.38 bits per heavy atom. The molecule has 4 nitrogen and oxygen atoms in total. The molecule has 1 saturated heterocycles. The summed E-state index contributed by atoms with van der Waals surface area (Å²) in [4.78, 5) is 26.2. The van der Waals surface area contributed by atoms with Crippen LogP contribution < -0.4 is 10.2 Å². The predicted octanol–water partition coefficient (Wildman–Crippen LogP) is 2.53. The van der Waals surface area contributed by atoms with Crippen molar-refractivity contribution in [1.29, 1.82) is 0 Å². The molecule has 1 saturated carbocycles. The average Bonchev–Trinajstić information content (AvgIpc) is 3.23. The minimum absolute atomic E-state index is 0.0664. The Balaban J connectivity index is 2.03. The van der Waals surface area contributed by atoms with Gasteiger partial charge in [-0.25, -0.2) is 4.39 Å². The maximum absolute atomic E-state index is 13.8. The van der Waals surface area contributed by atoms with Crippen LogP contribution in [0.15, 0.2) is 16.6 Å². The summed E-state index contributed by atoms with van der Waals surface area (Å²) in [5.74, 6) is -0.624. The highest BCUT2D eigenvalue weighted by molar-refractivity contribution is 9.10. The molecule has 6 heteroatoms. The first-order chi connectivity index (χ1) is 9.83. The van der Waals surface area contributed by atoms with E-state index in [2.05, 4.69) is 21.2 Å². The van der Waals surface area contributed by atoms with Crippen LogP contribution in [-0.4, -0.2) is 23.9 Å². The van der Waals surface area contributed by atoms with Crippen LogP contribution in [0.3, 0.4) is 0 Å². The molecule has 112 valence electrons. The van der Waals surface area contributed by atoms with Crippen LogP contribution in [0.25, 0.3) is 0 Å². The van der Waals surface area contributed by atoms with Crippen LogP contribution in [0.1, 0.15) is 25.3 Å². The summed E-state index contributed by atoms with van der Waals surface area (Å²) >= 11 is 3.13. The molecule has 0 bridgehead atoms. The smallest absolute Gasteiger partial charge is 0.253 e. The van der Waals surface area contributed by atoms with Gasteiger partial charge in [0.15, 0.2) is 0 Å². The molecule has 1 unspecified atom stereocenters. The number of aryl methyl sites for hydroxylation is 1. The second-order valence-corrected chi connectivity index (χ2v) is 6.82. The zero-order chi connectivity index (χ0) is 15.4. The fourth-order valence-electron chi connectivity index (χ4n) is 2.94. The topological polar surface area (TPSA) is 49.4 Å². The van der Waals surface area contributed by atoms with Crippen molar-refractivity contribution in [3.63, 3.8) is 0 Å². The summed E-state index contributed by atoms with van der Waals surface area (Å²) in [6.07, 6.45) is 1.87. The zero-order valence-electron chi connectivity index (χ0n) is 11.9. The molecule has 1 aliphatic heterocycles. The number of piperazine rings is 1. The number of anilines is 1. The van der Waals surface area contributed by atoms with Crippen LogP contribution in [0.5, 0.6) is 0 Å². The molecule has 1 N–H and O–H groups in total. The Labute approximate surface area is 130 Å². The third-order valence-corrected chi connectivity index (χ3v) is 4.92. The number of halogens is 2. The molecule has 2 amide bonds. The fourth-order valence-corrected chi connectivity index (χ4v) is 3.39. The SMILES string of the molecule is Cc1cc(Br)c(F)cc1N1CC(=O)NC(C)(C2CC2)C1=O. The van der Waals surface area contributed by atoms with E-state index in [1.165, 1.54) is 11.0 Å². The monoisotopic (exact) mass is 354 g/mol. The van der Waals surface area contributed by atoms with Gasteiger partial charge in [-0.1, -0.05) is 0 Å². The van der Waals surface area contributed by atoms with Gasteiger partial charge in [-0.3, -0.25) is 9.59 Å².